The van der Waals surface area contributed by atoms with Crippen LogP contribution in [0.15, 0.2) is 0 Å². The van der Waals surface area contributed by atoms with Crippen molar-refractivity contribution in [1.29, 1.82) is 0 Å². The molecule has 0 bridgehead atoms. The van der Waals surface area contributed by atoms with E-state index in [2.05, 4.69) is 23.6 Å². The van der Waals surface area contributed by atoms with Crippen molar-refractivity contribution in [3.8, 4) is 0 Å². The molecule has 19 heavy (non-hydrogen) atoms. The van der Waals surface area contributed by atoms with Crippen LogP contribution in [-0.4, -0.2) is 79.3 Å². The van der Waals surface area contributed by atoms with E-state index in [9.17, 15) is 9.59 Å². The first-order chi connectivity index (χ1) is 8.93. The highest BCUT2D eigenvalue weighted by atomic mass is 16.2. The first-order valence-electron chi connectivity index (χ1n) is 7.12. The van der Waals surface area contributed by atoms with Gasteiger partial charge < -0.3 is 9.80 Å². The van der Waals surface area contributed by atoms with Gasteiger partial charge in [-0.15, -0.1) is 0 Å². The van der Waals surface area contributed by atoms with Crippen molar-refractivity contribution in [3.05, 3.63) is 0 Å². The Labute approximate surface area is 116 Å². The van der Waals surface area contributed by atoms with E-state index in [0.717, 1.165) is 13.1 Å². The molecular weight excluding hydrogens is 242 g/mol. The van der Waals surface area contributed by atoms with Crippen molar-refractivity contribution in [1.82, 2.24) is 14.7 Å². The van der Waals surface area contributed by atoms with Crippen LogP contribution in [-0.2, 0) is 9.59 Å². The van der Waals surface area contributed by atoms with Gasteiger partial charge in [-0.3, -0.25) is 14.5 Å². The molecule has 5 heteroatoms. The van der Waals surface area contributed by atoms with Crippen LogP contribution in [0, 0.1) is 0 Å². The molecule has 1 amide bonds. The summed E-state index contributed by atoms with van der Waals surface area (Å²) in [5.41, 5.74) is 0. The lowest BCUT2D eigenvalue weighted by Gasteiger charge is -2.33. The van der Waals surface area contributed by atoms with Crippen molar-refractivity contribution in [2.75, 3.05) is 46.8 Å². The van der Waals surface area contributed by atoms with Crippen molar-refractivity contribution in [2.24, 2.45) is 0 Å². The minimum absolute atomic E-state index is 0.153. The fourth-order valence-electron chi connectivity index (χ4n) is 2.50. The molecule has 5 nitrogen and oxygen atoms in total. The molecule has 0 N–H and O–H groups in total. The highest BCUT2D eigenvalue weighted by molar-refractivity contribution is 5.84. The second kappa shape index (κ2) is 7.60. The monoisotopic (exact) mass is 269 g/mol. The van der Waals surface area contributed by atoms with Gasteiger partial charge in [-0.25, -0.2) is 0 Å². The van der Waals surface area contributed by atoms with E-state index in [1.54, 1.807) is 0 Å². The predicted octanol–water partition coefficient (Wildman–Crippen LogP) is 0.450. The van der Waals surface area contributed by atoms with Crippen LogP contribution in [0.25, 0.3) is 0 Å². The Balaban J connectivity index is 2.46. The summed E-state index contributed by atoms with van der Waals surface area (Å²) in [6.45, 7) is 7.69. The van der Waals surface area contributed by atoms with Crippen molar-refractivity contribution in [3.63, 3.8) is 0 Å². The number of nitrogens with zero attached hydrogens (tertiary/aromatic N) is 3. The standard InChI is InChI=1S/C14H27N3O2/c1-5-16(12(2)10-15(3)4)11-14(19)17-8-6-13(18)7-9-17/h12H,5-11H2,1-4H3. The van der Waals surface area contributed by atoms with Gasteiger partial charge in [-0.2, -0.15) is 0 Å². The summed E-state index contributed by atoms with van der Waals surface area (Å²) in [4.78, 5) is 29.6. The van der Waals surface area contributed by atoms with Gasteiger partial charge in [-0.05, 0) is 27.6 Å². The Bertz CT molecular complexity index is 308. The number of likely N-dealkylation sites (N-methyl/N-ethyl adjacent to an activating group) is 2. The average Bonchev–Trinajstić information content (AvgIpc) is 2.35. The van der Waals surface area contributed by atoms with Crippen molar-refractivity contribution in [2.45, 2.75) is 32.7 Å². The molecular formula is C14H27N3O2. The Hall–Kier alpha value is -0.940. The summed E-state index contributed by atoms with van der Waals surface area (Å²) >= 11 is 0. The summed E-state index contributed by atoms with van der Waals surface area (Å²) in [5, 5.41) is 0. The zero-order valence-electron chi connectivity index (χ0n) is 12.7. The van der Waals surface area contributed by atoms with Gasteiger partial charge in [0.25, 0.3) is 0 Å². The zero-order chi connectivity index (χ0) is 14.4. The lowest BCUT2D eigenvalue weighted by Crippen LogP contribution is -2.48. The molecule has 0 radical (unpaired) electrons. The number of rotatable bonds is 6. The van der Waals surface area contributed by atoms with E-state index >= 15 is 0 Å². The Kier molecular flexibility index (Phi) is 6.45. The van der Waals surface area contributed by atoms with Crippen LogP contribution in [0.4, 0.5) is 0 Å². The zero-order valence-corrected chi connectivity index (χ0v) is 12.7. The summed E-state index contributed by atoms with van der Waals surface area (Å²) in [6, 6.07) is 0.357. The lowest BCUT2D eigenvalue weighted by atomic mass is 10.1. The molecule has 1 unspecified atom stereocenters. The molecule has 110 valence electrons. The van der Waals surface area contributed by atoms with Gasteiger partial charge >= 0.3 is 0 Å². The summed E-state index contributed by atoms with van der Waals surface area (Å²) in [7, 11) is 4.09. The number of carbonyl (C=O) groups is 2. The number of carbonyl (C=O) groups excluding carboxylic acids is 2. The molecule has 0 aromatic heterocycles. The fraction of sp³-hybridized carbons (Fsp3) is 0.857. The quantitative estimate of drug-likeness (QED) is 0.702. The van der Waals surface area contributed by atoms with Gasteiger partial charge in [0.2, 0.25) is 5.91 Å². The highest BCUT2D eigenvalue weighted by Gasteiger charge is 2.23. The minimum Gasteiger partial charge on any atom is -0.341 e. The molecule has 1 rings (SSSR count). The number of hydrogen-bond acceptors (Lipinski definition) is 4. The van der Waals surface area contributed by atoms with E-state index in [1.807, 2.05) is 19.0 Å². The second-order valence-electron chi connectivity index (χ2n) is 5.59. The van der Waals surface area contributed by atoms with Crippen LogP contribution in [0.1, 0.15) is 26.7 Å². The maximum Gasteiger partial charge on any atom is 0.236 e. The molecule has 1 atom stereocenters. The predicted molar refractivity (Wildman–Crippen MR) is 76.1 cm³/mol. The van der Waals surface area contributed by atoms with Gasteiger partial charge in [0.15, 0.2) is 0 Å². The van der Waals surface area contributed by atoms with E-state index in [4.69, 9.17) is 0 Å². The number of Topliss-reactive ketones (excluding diaryl/α,β-unsaturated/α-hetero) is 1. The molecule has 1 heterocycles. The number of hydrogen-bond donors (Lipinski definition) is 0. The third kappa shape index (κ3) is 5.28. The summed E-state index contributed by atoms with van der Waals surface area (Å²) in [5.74, 6) is 0.428. The van der Waals surface area contributed by atoms with E-state index in [0.29, 0.717) is 38.5 Å². The number of amides is 1. The minimum atomic E-state index is 0.153. The molecule has 0 aliphatic carbocycles. The van der Waals surface area contributed by atoms with Crippen molar-refractivity contribution >= 4 is 11.7 Å². The fourth-order valence-corrected chi connectivity index (χ4v) is 2.50. The number of likely N-dealkylation sites (tertiary alicyclic amines) is 1. The SMILES string of the molecule is CCN(CC(=O)N1CCC(=O)CC1)C(C)CN(C)C. The van der Waals surface area contributed by atoms with E-state index < -0.39 is 0 Å². The first kappa shape index (κ1) is 16.1. The number of piperidine rings is 1. The summed E-state index contributed by atoms with van der Waals surface area (Å²) < 4.78 is 0. The molecule has 1 aliphatic heterocycles. The van der Waals surface area contributed by atoms with Crippen LogP contribution in [0.5, 0.6) is 0 Å². The van der Waals surface area contributed by atoms with Gasteiger partial charge in [-0.1, -0.05) is 6.92 Å². The van der Waals surface area contributed by atoms with E-state index in [1.165, 1.54) is 0 Å². The molecule has 1 saturated heterocycles. The largest absolute Gasteiger partial charge is 0.341 e. The molecule has 1 fully saturated rings. The van der Waals surface area contributed by atoms with Gasteiger partial charge in [0.05, 0.1) is 6.54 Å². The lowest BCUT2D eigenvalue weighted by molar-refractivity contribution is -0.136. The van der Waals surface area contributed by atoms with Gasteiger partial charge in [0, 0.05) is 38.5 Å². The molecule has 1 aliphatic rings. The Morgan fingerprint density at radius 1 is 1.32 bits per heavy atom. The van der Waals surface area contributed by atoms with Crippen LogP contribution >= 0.6 is 0 Å². The molecule has 0 aromatic rings. The third-order valence-corrected chi connectivity index (χ3v) is 3.67. The highest BCUT2D eigenvalue weighted by Crippen LogP contribution is 2.08. The maximum absolute atomic E-state index is 12.2. The second-order valence-corrected chi connectivity index (χ2v) is 5.59. The van der Waals surface area contributed by atoms with Crippen LogP contribution < -0.4 is 0 Å². The van der Waals surface area contributed by atoms with Crippen LogP contribution in [0.3, 0.4) is 0 Å². The normalized spacial score (nSPS) is 18.2. The molecule has 0 spiro atoms. The first-order valence-corrected chi connectivity index (χ1v) is 7.12. The topological polar surface area (TPSA) is 43.9 Å². The van der Waals surface area contributed by atoms with Crippen LogP contribution in [0.2, 0.25) is 0 Å². The maximum atomic E-state index is 12.2. The van der Waals surface area contributed by atoms with Gasteiger partial charge in [0.1, 0.15) is 5.78 Å². The number of ketones is 1. The third-order valence-electron chi connectivity index (χ3n) is 3.67. The Morgan fingerprint density at radius 3 is 2.37 bits per heavy atom. The average molecular weight is 269 g/mol. The smallest absolute Gasteiger partial charge is 0.236 e. The van der Waals surface area contributed by atoms with E-state index in [-0.39, 0.29) is 11.7 Å². The van der Waals surface area contributed by atoms with Crippen molar-refractivity contribution < 1.29 is 9.59 Å². The summed E-state index contributed by atoms with van der Waals surface area (Å²) in [6.07, 6.45) is 1.04. The molecule has 0 saturated carbocycles. The molecule has 0 aromatic carbocycles. The Morgan fingerprint density at radius 2 is 1.89 bits per heavy atom.